The van der Waals surface area contributed by atoms with E-state index in [1.54, 1.807) is 0 Å². The van der Waals surface area contributed by atoms with Crippen molar-refractivity contribution in [2.75, 3.05) is 26.3 Å². The van der Waals surface area contributed by atoms with E-state index in [4.69, 9.17) is 0 Å². The van der Waals surface area contributed by atoms with Crippen LogP contribution in [0.5, 0.6) is 0 Å². The van der Waals surface area contributed by atoms with Crippen molar-refractivity contribution in [1.82, 2.24) is 26.2 Å². The van der Waals surface area contributed by atoms with Gasteiger partial charge in [-0.1, -0.05) is 0 Å². The molecule has 0 amide bonds. The SMILES string of the molecule is CC1CCC(CNC2NCNC(N3CCCC3C3CCC(C(F)(F)F)CC3O)C2F)CN1. The molecule has 3 saturated heterocycles. The summed E-state index contributed by atoms with van der Waals surface area (Å²) in [6.07, 6.45) is -3.34. The van der Waals surface area contributed by atoms with Crippen LogP contribution in [0.1, 0.15) is 51.9 Å². The lowest BCUT2D eigenvalue weighted by Crippen LogP contribution is -2.70. The molecule has 0 aromatic carbocycles. The third-order valence-corrected chi connectivity index (χ3v) is 8.17. The molecule has 6 nitrogen and oxygen atoms in total. The van der Waals surface area contributed by atoms with E-state index in [0.29, 0.717) is 31.6 Å². The minimum Gasteiger partial charge on any atom is -0.393 e. The maximum atomic E-state index is 15.6. The minimum atomic E-state index is -4.26. The Morgan fingerprint density at radius 2 is 1.88 bits per heavy atom. The second-order valence-electron chi connectivity index (χ2n) is 10.3. The molecule has 3 heterocycles. The van der Waals surface area contributed by atoms with Crippen LogP contribution in [0.15, 0.2) is 0 Å². The Kier molecular flexibility index (Phi) is 7.99. The first-order valence-corrected chi connectivity index (χ1v) is 12.3. The highest BCUT2D eigenvalue weighted by molar-refractivity contribution is 4.99. The van der Waals surface area contributed by atoms with Gasteiger partial charge in [0, 0.05) is 37.8 Å². The first kappa shape index (κ1) is 24.6. The molecule has 5 N–H and O–H groups in total. The van der Waals surface area contributed by atoms with Gasteiger partial charge in [-0.15, -0.1) is 0 Å². The van der Waals surface area contributed by atoms with Crippen LogP contribution in [0.4, 0.5) is 17.6 Å². The molecule has 0 spiro atoms. The Morgan fingerprint density at radius 3 is 2.56 bits per heavy atom. The van der Waals surface area contributed by atoms with Crippen molar-refractivity contribution >= 4 is 0 Å². The number of alkyl halides is 4. The number of nitrogens with one attached hydrogen (secondary N) is 4. The van der Waals surface area contributed by atoms with Crippen LogP contribution in [0.2, 0.25) is 0 Å². The molecule has 0 radical (unpaired) electrons. The zero-order chi connectivity index (χ0) is 22.9. The summed E-state index contributed by atoms with van der Waals surface area (Å²) in [5.41, 5.74) is 0. The van der Waals surface area contributed by atoms with E-state index in [1.165, 1.54) is 0 Å². The summed E-state index contributed by atoms with van der Waals surface area (Å²) in [5.74, 6) is -1.19. The second-order valence-corrected chi connectivity index (χ2v) is 10.3. The van der Waals surface area contributed by atoms with Crippen molar-refractivity contribution in [2.45, 2.75) is 94.7 Å². The van der Waals surface area contributed by atoms with E-state index in [2.05, 4.69) is 33.1 Å². The molecule has 9 unspecified atom stereocenters. The number of nitrogens with zero attached hydrogens (tertiary/aromatic N) is 1. The van der Waals surface area contributed by atoms with Crippen LogP contribution in [0, 0.1) is 17.8 Å². The topological polar surface area (TPSA) is 71.6 Å². The van der Waals surface area contributed by atoms with Crippen LogP contribution < -0.4 is 21.3 Å². The van der Waals surface area contributed by atoms with Gasteiger partial charge in [0.2, 0.25) is 0 Å². The summed E-state index contributed by atoms with van der Waals surface area (Å²) in [6.45, 7) is 5.03. The van der Waals surface area contributed by atoms with Crippen LogP contribution in [-0.2, 0) is 0 Å². The van der Waals surface area contributed by atoms with Crippen molar-refractivity contribution in [3.05, 3.63) is 0 Å². The minimum absolute atomic E-state index is 0.0481. The Hall–Kier alpha value is -0.520. The summed E-state index contributed by atoms with van der Waals surface area (Å²) in [6, 6.07) is 0.452. The van der Waals surface area contributed by atoms with Crippen molar-refractivity contribution in [2.24, 2.45) is 17.8 Å². The largest absolute Gasteiger partial charge is 0.393 e. The molecule has 186 valence electrons. The summed E-state index contributed by atoms with van der Waals surface area (Å²) < 4.78 is 54.9. The van der Waals surface area contributed by atoms with Crippen LogP contribution in [0.25, 0.3) is 0 Å². The van der Waals surface area contributed by atoms with E-state index in [1.807, 2.05) is 0 Å². The number of rotatable bonds is 5. The average molecular weight is 466 g/mol. The average Bonchev–Trinajstić information content (AvgIpc) is 3.23. The predicted octanol–water partition coefficient (Wildman–Crippen LogP) is 1.91. The van der Waals surface area contributed by atoms with Gasteiger partial charge in [0.1, 0.15) is 0 Å². The quantitative estimate of drug-likeness (QED) is 0.400. The van der Waals surface area contributed by atoms with E-state index >= 15 is 4.39 Å². The van der Waals surface area contributed by atoms with E-state index < -0.39 is 36.7 Å². The predicted molar refractivity (Wildman–Crippen MR) is 114 cm³/mol. The van der Waals surface area contributed by atoms with Crippen LogP contribution in [0.3, 0.4) is 0 Å². The fraction of sp³-hybridized carbons (Fsp3) is 1.00. The molecule has 4 rings (SSSR count). The third-order valence-electron chi connectivity index (χ3n) is 8.17. The molecule has 9 atom stereocenters. The third kappa shape index (κ3) is 5.58. The number of halogens is 4. The fourth-order valence-electron chi connectivity index (χ4n) is 6.23. The van der Waals surface area contributed by atoms with E-state index in [9.17, 15) is 18.3 Å². The first-order valence-electron chi connectivity index (χ1n) is 12.3. The smallest absolute Gasteiger partial charge is 0.391 e. The number of piperidine rings is 1. The maximum Gasteiger partial charge on any atom is 0.391 e. The van der Waals surface area contributed by atoms with Gasteiger partial charge >= 0.3 is 6.18 Å². The summed E-state index contributed by atoms with van der Waals surface area (Å²) in [5, 5.41) is 23.8. The van der Waals surface area contributed by atoms with Crippen molar-refractivity contribution in [1.29, 1.82) is 0 Å². The monoisotopic (exact) mass is 465 g/mol. The lowest BCUT2D eigenvalue weighted by atomic mass is 9.75. The molecule has 32 heavy (non-hydrogen) atoms. The lowest BCUT2D eigenvalue weighted by Gasteiger charge is -2.46. The van der Waals surface area contributed by atoms with Gasteiger partial charge in [-0.2, -0.15) is 13.2 Å². The number of hydrogen-bond donors (Lipinski definition) is 5. The Balaban J connectivity index is 1.33. The molecule has 1 saturated carbocycles. The van der Waals surface area contributed by atoms with Crippen LogP contribution >= 0.6 is 0 Å². The maximum absolute atomic E-state index is 15.6. The van der Waals surface area contributed by atoms with Crippen LogP contribution in [-0.4, -0.2) is 79.2 Å². The highest BCUT2D eigenvalue weighted by atomic mass is 19.4. The van der Waals surface area contributed by atoms with Gasteiger partial charge in [0.05, 0.1) is 24.4 Å². The normalized spacial score (nSPS) is 44.6. The highest BCUT2D eigenvalue weighted by Gasteiger charge is 2.49. The number of aliphatic hydroxyl groups excluding tert-OH is 1. The molecule has 0 aromatic heterocycles. The molecular formula is C22H39F4N5O. The highest BCUT2D eigenvalue weighted by Crippen LogP contribution is 2.43. The zero-order valence-corrected chi connectivity index (χ0v) is 18.9. The first-order chi connectivity index (χ1) is 15.2. The summed E-state index contributed by atoms with van der Waals surface area (Å²) in [7, 11) is 0. The number of likely N-dealkylation sites (tertiary alicyclic amines) is 1. The van der Waals surface area contributed by atoms with Gasteiger partial charge < -0.3 is 10.4 Å². The molecule has 1 aliphatic carbocycles. The standard InChI is InChI=1S/C22H39F4N5O/c1-13-4-5-14(10-27-13)11-28-20-19(23)21(30-12-29-20)31-8-2-3-17(31)16-7-6-15(9-18(16)32)22(24,25)26/h13-21,27-30,32H,2-12H2,1H3. The second kappa shape index (κ2) is 10.4. The van der Waals surface area contributed by atoms with Crippen molar-refractivity contribution in [3.8, 4) is 0 Å². The molecule has 3 aliphatic heterocycles. The Morgan fingerprint density at radius 1 is 1.06 bits per heavy atom. The molecule has 4 fully saturated rings. The van der Waals surface area contributed by atoms with Gasteiger partial charge in [-0.25, -0.2) is 4.39 Å². The fourth-order valence-corrected chi connectivity index (χ4v) is 6.23. The van der Waals surface area contributed by atoms with Crippen molar-refractivity contribution in [3.63, 3.8) is 0 Å². The summed E-state index contributed by atoms with van der Waals surface area (Å²) in [4.78, 5) is 2.08. The molecule has 0 aromatic rings. The van der Waals surface area contributed by atoms with E-state index in [-0.39, 0.29) is 24.8 Å². The zero-order valence-electron chi connectivity index (χ0n) is 18.9. The molecule has 4 aliphatic rings. The van der Waals surface area contributed by atoms with Gasteiger partial charge in [-0.05, 0) is 64.3 Å². The number of hydrogen-bond acceptors (Lipinski definition) is 6. The Bertz CT molecular complexity index is 603. The summed E-state index contributed by atoms with van der Waals surface area (Å²) >= 11 is 0. The molecular weight excluding hydrogens is 426 g/mol. The Labute approximate surface area is 188 Å². The van der Waals surface area contributed by atoms with Gasteiger partial charge in [0.25, 0.3) is 0 Å². The molecule has 10 heteroatoms. The number of aliphatic hydroxyl groups is 1. The van der Waals surface area contributed by atoms with Crippen molar-refractivity contribution < 1.29 is 22.7 Å². The lowest BCUT2D eigenvalue weighted by molar-refractivity contribution is -0.196. The van der Waals surface area contributed by atoms with Gasteiger partial charge in [0.15, 0.2) is 6.17 Å². The molecule has 0 bridgehead atoms. The van der Waals surface area contributed by atoms with Gasteiger partial charge in [-0.3, -0.25) is 20.9 Å². The van der Waals surface area contributed by atoms with E-state index in [0.717, 1.165) is 38.8 Å².